The molecule has 0 aliphatic carbocycles. The number of nitrogens with two attached hydrogens (primary N) is 1. The lowest BCUT2D eigenvalue weighted by Gasteiger charge is -2.21. The van der Waals surface area contributed by atoms with Crippen molar-refractivity contribution in [3.05, 3.63) is 18.2 Å². The molecule has 2 aromatic rings. The number of likely N-dealkylation sites (N-methyl/N-ethyl adjacent to an activating group) is 1. The van der Waals surface area contributed by atoms with Gasteiger partial charge in [0.05, 0.1) is 0 Å². The second kappa shape index (κ2) is 5.93. The number of aromatic nitrogens is 1. The highest BCUT2D eigenvalue weighted by molar-refractivity contribution is 5.78. The van der Waals surface area contributed by atoms with Crippen LogP contribution in [0.1, 0.15) is 13.3 Å². The first-order valence-corrected chi connectivity index (χ1v) is 6.66. The van der Waals surface area contributed by atoms with Crippen LogP contribution in [0, 0.1) is 0 Å². The van der Waals surface area contributed by atoms with E-state index in [1.54, 1.807) is 0 Å². The normalized spacial score (nSPS) is 11.4. The van der Waals surface area contributed by atoms with E-state index in [0.29, 0.717) is 11.7 Å². The van der Waals surface area contributed by atoms with Crippen LogP contribution in [0.15, 0.2) is 22.6 Å². The van der Waals surface area contributed by atoms with Gasteiger partial charge in [0, 0.05) is 31.4 Å². The molecule has 19 heavy (non-hydrogen) atoms. The van der Waals surface area contributed by atoms with E-state index in [-0.39, 0.29) is 0 Å². The second-order valence-corrected chi connectivity index (χ2v) is 5.01. The predicted molar refractivity (Wildman–Crippen MR) is 79.5 cm³/mol. The molecule has 1 heterocycles. The van der Waals surface area contributed by atoms with Gasteiger partial charge >= 0.3 is 0 Å². The Balaban J connectivity index is 2.22. The lowest BCUT2D eigenvalue weighted by molar-refractivity contribution is 0.406. The summed E-state index contributed by atoms with van der Waals surface area (Å²) >= 11 is 0. The van der Waals surface area contributed by atoms with Gasteiger partial charge in [-0.05, 0) is 32.6 Å². The summed E-state index contributed by atoms with van der Waals surface area (Å²) in [4.78, 5) is 8.87. The molecule has 104 valence electrons. The minimum absolute atomic E-state index is 0.685. The summed E-state index contributed by atoms with van der Waals surface area (Å²) in [6.45, 7) is 4.98. The zero-order valence-electron chi connectivity index (χ0n) is 11.9. The van der Waals surface area contributed by atoms with Crippen LogP contribution in [0.3, 0.4) is 0 Å². The summed E-state index contributed by atoms with van der Waals surface area (Å²) in [5, 5.41) is 0. The zero-order chi connectivity index (χ0) is 13.8. The molecular weight excluding hydrogens is 240 g/mol. The maximum absolute atomic E-state index is 5.81. The van der Waals surface area contributed by atoms with Gasteiger partial charge in [0.25, 0.3) is 6.01 Å². The van der Waals surface area contributed by atoms with Gasteiger partial charge in [-0.25, -0.2) is 0 Å². The van der Waals surface area contributed by atoms with Crippen molar-refractivity contribution in [1.29, 1.82) is 0 Å². The molecule has 5 heteroatoms. The third-order valence-electron chi connectivity index (χ3n) is 2.98. The summed E-state index contributed by atoms with van der Waals surface area (Å²) in [5.41, 5.74) is 8.07. The van der Waals surface area contributed by atoms with Crippen LogP contribution < -0.4 is 10.6 Å². The summed E-state index contributed by atoms with van der Waals surface area (Å²) in [6.07, 6.45) is 1.06. The molecule has 0 atom stereocenters. The number of oxazole rings is 1. The number of anilines is 2. The molecule has 1 aromatic heterocycles. The number of benzene rings is 1. The molecule has 0 saturated heterocycles. The average molecular weight is 262 g/mol. The Kier molecular flexibility index (Phi) is 4.27. The molecule has 5 nitrogen and oxygen atoms in total. The van der Waals surface area contributed by atoms with Crippen molar-refractivity contribution in [2.45, 2.75) is 13.3 Å². The first-order chi connectivity index (χ1) is 9.10. The minimum Gasteiger partial charge on any atom is -0.423 e. The standard InChI is InChI=1S/C14H22N4O/c1-4-7-18(9-8-17(2)3)14-16-12-6-5-11(15)10-13(12)19-14/h5-6,10H,4,7-9,15H2,1-3H3. The van der Waals surface area contributed by atoms with Gasteiger partial charge in [0.1, 0.15) is 5.52 Å². The quantitative estimate of drug-likeness (QED) is 0.809. The number of hydrogen-bond acceptors (Lipinski definition) is 5. The molecule has 0 aliphatic rings. The van der Waals surface area contributed by atoms with Gasteiger partial charge in [-0.2, -0.15) is 4.98 Å². The monoisotopic (exact) mass is 262 g/mol. The maximum atomic E-state index is 5.81. The Morgan fingerprint density at radius 3 is 2.68 bits per heavy atom. The van der Waals surface area contributed by atoms with Crippen molar-refractivity contribution in [1.82, 2.24) is 9.88 Å². The Labute approximate surface area is 114 Å². The fourth-order valence-electron chi connectivity index (χ4n) is 1.96. The van der Waals surface area contributed by atoms with Crippen molar-refractivity contribution < 1.29 is 4.42 Å². The molecule has 2 rings (SSSR count). The van der Waals surface area contributed by atoms with Gasteiger partial charge in [0.15, 0.2) is 5.58 Å². The lowest BCUT2D eigenvalue weighted by atomic mass is 10.3. The first-order valence-electron chi connectivity index (χ1n) is 6.66. The highest BCUT2D eigenvalue weighted by Crippen LogP contribution is 2.23. The summed E-state index contributed by atoms with van der Waals surface area (Å²) in [5.74, 6) is 0. The molecule has 0 aliphatic heterocycles. The highest BCUT2D eigenvalue weighted by Gasteiger charge is 2.13. The summed E-state index contributed by atoms with van der Waals surface area (Å²) < 4.78 is 5.81. The Morgan fingerprint density at radius 1 is 1.21 bits per heavy atom. The fraction of sp³-hybridized carbons (Fsp3) is 0.500. The van der Waals surface area contributed by atoms with E-state index in [1.165, 1.54) is 0 Å². The molecule has 0 saturated carbocycles. The predicted octanol–water partition coefficient (Wildman–Crippen LogP) is 2.19. The van der Waals surface area contributed by atoms with Crippen molar-refractivity contribution in [3.8, 4) is 0 Å². The molecule has 0 unspecified atom stereocenters. The smallest absolute Gasteiger partial charge is 0.298 e. The van der Waals surface area contributed by atoms with Gasteiger partial charge in [-0.1, -0.05) is 6.92 Å². The van der Waals surface area contributed by atoms with Crippen LogP contribution in [-0.2, 0) is 0 Å². The Bertz CT molecular complexity index is 535. The number of rotatable bonds is 6. The molecular formula is C14H22N4O. The van der Waals surface area contributed by atoms with E-state index < -0.39 is 0 Å². The molecule has 1 aromatic carbocycles. The number of nitrogen functional groups attached to an aromatic ring is 1. The third kappa shape index (κ3) is 3.38. The highest BCUT2D eigenvalue weighted by atomic mass is 16.4. The van der Waals surface area contributed by atoms with E-state index in [0.717, 1.165) is 37.2 Å². The van der Waals surface area contributed by atoms with Crippen molar-refractivity contribution in [2.75, 3.05) is 44.4 Å². The number of fused-ring (bicyclic) bond motifs is 1. The second-order valence-electron chi connectivity index (χ2n) is 5.01. The largest absolute Gasteiger partial charge is 0.423 e. The Morgan fingerprint density at radius 2 is 2.00 bits per heavy atom. The average Bonchev–Trinajstić information content (AvgIpc) is 2.76. The first kappa shape index (κ1) is 13.7. The summed E-state index contributed by atoms with van der Waals surface area (Å²) in [7, 11) is 4.13. The van der Waals surface area contributed by atoms with Crippen molar-refractivity contribution >= 4 is 22.8 Å². The van der Waals surface area contributed by atoms with Gasteiger partial charge in [0.2, 0.25) is 0 Å². The van der Waals surface area contributed by atoms with Crippen LogP contribution in [0.5, 0.6) is 0 Å². The topological polar surface area (TPSA) is 58.5 Å². The fourth-order valence-corrected chi connectivity index (χ4v) is 1.96. The SMILES string of the molecule is CCCN(CCN(C)C)c1nc2ccc(N)cc2o1. The van der Waals surface area contributed by atoms with E-state index >= 15 is 0 Å². The van der Waals surface area contributed by atoms with E-state index in [2.05, 4.69) is 35.8 Å². The van der Waals surface area contributed by atoms with Crippen LogP contribution in [-0.4, -0.2) is 43.6 Å². The molecule has 0 fully saturated rings. The Hall–Kier alpha value is -1.75. The van der Waals surface area contributed by atoms with E-state index in [9.17, 15) is 0 Å². The third-order valence-corrected chi connectivity index (χ3v) is 2.98. The van der Waals surface area contributed by atoms with Crippen LogP contribution in [0.25, 0.3) is 11.1 Å². The van der Waals surface area contributed by atoms with Crippen LogP contribution in [0.2, 0.25) is 0 Å². The molecule has 0 spiro atoms. The van der Waals surface area contributed by atoms with Crippen LogP contribution >= 0.6 is 0 Å². The zero-order valence-corrected chi connectivity index (χ0v) is 11.9. The number of hydrogen-bond donors (Lipinski definition) is 1. The van der Waals surface area contributed by atoms with Gasteiger partial charge in [-0.3, -0.25) is 0 Å². The maximum Gasteiger partial charge on any atom is 0.298 e. The minimum atomic E-state index is 0.685. The van der Waals surface area contributed by atoms with Gasteiger partial charge in [-0.15, -0.1) is 0 Å². The van der Waals surface area contributed by atoms with Crippen LogP contribution in [0.4, 0.5) is 11.7 Å². The number of nitrogens with zero attached hydrogens (tertiary/aromatic N) is 3. The van der Waals surface area contributed by atoms with Crippen molar-refractivity contribution in [3.63, 3.8) is 0 Å². The molecule has 0 amide bonds. The lowest BCUT2D eigenvalue weighted by Crippen LogP contribution is -2.32. The van der Waals surface area contributed by atoms with Crippen molar-refractivity contribution in [2.24, 2.45) is 0 Å². The van der Waals surface area contributed by atoms with E-state index in [1.807, 2.05) is 18.2 Å². The van der Waals surface area contributed by atoms with E-state index in [4.69, 9.17) is 10.2 Å². The summed E-state index contributed by atoms with van der Waals surface area (Å²) in [6, 6.07) is 6.25. The van der Waals surface area contributed by atoms with Gasteiger partial charge < -0.3 is 20.0 Å². The molecule has 2 N–H and O–H groups in total. The molecule has 0 bridgehead atoms. The molecule has 0 radical (unpaired) electrons.